The van der Waals surface area contributed by atoms with E-state index in [4.69, 9.17) is 4.74 Å². The third kappa shape index (κ3) is 2.56. The fourth-order valence-electron chi connectivity index (χ4n) is 2.84. The second-order valence-corrected chi connectivity index (χ2v) is 6.51. The number of hydrogen-bond acceptors (Lipinski definition) is 2. The van der Waals surface area contributed by atoms with Crippen LogP contribution in [0.25, 0.3) is 10.9 Å². The second-order valence-electron chi connectivity index (χ2n) is 6.51. The second kappa shape index (κ2) is 5.19. The van der Waals surface area contributed by atoms with Crippen molar-refractivity contribution < 1.29 is 9.53 Å². The zero-order valence-electron chi connectivity index (χ0n) is 12.9. The summed E-state index contributed by atoms with van der Waals surface area (Å²) in [4.78, 5) is 14.7. The van der Waals surface area contributed by atoms with Crippen molar-refractivity contribution in [3.63, 3.8) is 0 Å². The van der Waals surface area contributed by atoms with Crippen LogP contribution in [0.2, 0.25) is 0 Å². The van der Waals surface area contributed by atoms with Crippen LogP contribution in [0.3, 0.4) is 0 Å². The standard InChI is InChI=1S/C17H22N2O2/c1-17(2,3)19-12-14(13-6-4-5-7-15(13)19)16(20)18-8-10-21-11-9-18/h4-7,12H,8-11H2,1-3H3. The molecule has 112 valence electrons. The Labute approximate surface area is 125 Å². The Morgan fingerprint density at radius 2 is 1.81 bits per heavy atom. The first-order chi connectivity index (χ1) is 9.98. The van der Waals surface area contributed by atoms with Gasteiger partial charge in [-0.1, -0.05) is 18.2 Å². The smallest absolute Gasteiger partial charge is 0.256 e. The van der Waals surface area contributed by atoms with Crippen molar-refractivity contribution in [2.45, 2.75) is 26.3 Å². The maximum Gasteiger partial charge on any atom is 0.256 e. The molecule has 1 aliphatic rings. The number of para-hydroxylation sites is 1. The minimum atomic E-state index is -0.0524. The minimum absolute atomic E-state index is 0.0524. The largest absolute Gasteiger partial charge is 0.378 e. The molecule has 0 bridgehead atoms. The Hall–Kier alpha value is -1.81. The first-order valence-corrected chi connectivity index (χ1v) is 7.46. The lowest BCUT2D eigenvalue weighted by molar-refractivity contribution is 0.0304. The topological polar surface area (TPSA) is 34.5 Å². The van der Waals surface area contributed by atoms with Crippen LogP contribution in [0.15, 0.2) is 30.5 Å². The van der Waals surface area contributed by atoms with Gasteiger partial charge >= 0.3 is 0 Å². The van der Waals surface area contributed by atoms with Crippen LogP contribution in [0.1, 0.15) is 31.1 Å². The van der Waals surface area contributed by atoms with Crippen molar-refractivity contribution in [1.29, 1.82) is 0 Å². The number of morpholine rings is 1. The van der Waals surface area contributed by atoms with Gasteiger partial charge in [0.1, 0.15) is 0 Å². The number of carbonyl (C=O) groups is 1. The fraction of sp³-hybridized carbons (Fsp3) is 0.471. The third-order valence-corrected chi connectivity index (χ3v) is 3.96. The van der Waals surface area contributed by atoms with Crippen LogP contribution < -0.4 is 0 Å². The van der Waals surface area contributed by atoms with Crippen molar-refractivity contribution in [2.24, 2.45) is 0 Å². The Kier molecular flexibility index (Phi) is 3.49. The van der Waals surface area contributed by atoms with Gasteiger partial charge in [-0.3, -0.25) is 4.79 Å². The minimum Gasteiger partial charge on any atom is -0.378 e. The summed E-state index contributed by atoms with van der Waals surface area (Å²) in [6.45, 7) is 9.07. The van der Waals surface area contributed by atoms with E-state index in [1.807, 2.05) is 29.3 Å². The first-order valence-electron chi connectivity index (χ1n) is 7.46. The number of rotatable bonds is 1. The lowest BCUT2D eigenvalue weighted by Gasteiger charge is -2.26. The predicted molar refractivity (Wildman–Crippen MR) is 83.7 cm³/mol. The maximum atomic E-state index is 12.8. The van der Waals surface area contributed by atoms with Gasteiger partial charge in [0.15, 0.2) is 0 Å². The molecular formula is C17H22N2O2. The monoisotopic (exact) mass is 286 g/mol. The van der Waals surface area contributed by atoms with Crippen molar-refractivity contribution >= 4 is 16.8 Å². The van der Waals surface area contributed by atoms with Crippen molar-refractivity contribution in [3.8, 4) is 0 Å². The van der Waals surface area contributed by atoms with Crippen LogP contribution in [-0.2, 0) is 10.3 Å². The van der Waals surface area contributed by atoms with E-state index in [0.717, 1.165) is 16.5 Å². The number of carbonyl (C=O) groups excluding carboxylic acids is 1. The van der Waals surface area contributed by atoms with Gasteiger partial charge in [0.2, 0.25) is 0 Å². The van der Waals surface area contributed by atoms with Gasteiger partial charge in [-0.2, -0.15) is 0 Å². The number of benzene rings is 1. The maximum absolute atomic E-state index is 12.8. The Balaban J connectivity index is 2.08. The average molecular weight is 286 g/mol. The molecule has 3 rings (SSSR count). The van der Waals surface area contributed by atoms with Gasteiger partial charge in [0.05, 0.1) is 18.8 Å². The van der Waals surface area contributed by atoms with Crippen LogP contribution in [0.5, 0.6) is 0 Å². The summed E-state index contributed by atoms with van der Waals surface area (Å²) in [7, 11) is 0. The van der Waals surface area contributed by atoms with Gasteiger partial charge in [0.25, 0.3) is 5.91 Å². The van der Waals surface area contributed by atoms with E-state index in [0.29, 0.717) is 26.3 Å². The van der Waals surface area contributed by atoms with Crippen LogP contribution >= 0.6 is 0 Å². The van der Waals surface area contributed by atoms with E-state index in [2.05, 4.69) is 31.4 Å². The summed E-state index contributed by atoms with van der Waals surface area (Å²) in [5.41, 5.74) is 1.85. The molecule has 0 radical (unpaired) electrons. The van der Waals surface area contributed by atoms with Gasteiger partial charge in [0, 0.05) is 35.7 Å². The van der Waals surface area contributed by atoms with Gasteiger partial charge in [-0.05, 0) is 26.8 Å². The fourth-order valence-corrected chi connectivity index (χ4v) is 2.84. The molecule has 0 spiro atoms. The van der Waals surface area contributed by atoms with Crippen molar-refractivity contribution in [2.75, 3.05) is 26.3 Å². The zero-order chi connectivity index (χ0) is 15.0. The highest BCUT2D eigenvalue weighted by atomic mass is 16.5. The normalized spacial score (nSPS) is 16.4. The molecular weight excluding hydrogens is 264 g/mol. The number of hydrogen-bond donors (Lipinski definition) is 0. The highest BCUT2D eigenvalue weighted by molar-refractivity contribution is 6.07. The van der Waals surface area contributed by atoms with E-state index in [-0.39, 0.29) is 11.4 Å². The molecule has 0 unspecified atom stereocenters. The summed E-state index contributed by atoms with van der Waals surface area (Å²) in [5.74, 6) is 0.109. The van der Waals surface area contributed by atoms with Crippen molar-refractivity contribution in [3.05, 3.63) is 36.0 Å². The molecule has 1 fully saturated rings. The Morgan fingerprint density at radius 1 is 1.14 bits per heavy atom. The molecule has 21 heavy (non-hydrogen) atoms. The highest BCUT2D eigenvalue weighted by Gasteiger charge is 2.25. The van der Waals surface area contributed by atoms with E-state index in [9.17, 15) is 4.79 Å². The molecule has 2 heterocycles. The molecule has 0 aliphatic carbocycles. The zero-order valence-corrected chi connectivity index (χ0v) is 12.9. The van der Waals surface area contributed by atoms with Crippen LogP contribution in [0, 0.1) is 0 Å². The molecule has 0 saturated carbocycles. The average Bonchev–Trinajstić information content (AvgIpc) is 2.87. The third-order valence-electron chi connectivity index (χ3n) is 3.96. The SMILES string of the molecule is CC(C)(C)n1cc(C(=O)N2CCOCC2)c2ccccc21. The molecule has 1 aromatic heterocycles. The molecule has 4 heteroatoms. The van der Waals surface area contributed by atoms with Crippen LogP contribution in [0.4, 0.5) is 0 Å². The van der Waals surface area contributed by atoms with E-state index >= 15 is 0 Å². The summed E-state index contributed by atoms with van der Waals surface area (Å²) in [6, 6.07) is 8.13. The number of nitrogens with zero attached hydrogens (tertiary/aromatic N) is 2. The lowest BCUT2D eigenvalue weighted by atomic mass is 10.1. The summed E-state index contributed by atoms with van der Waals surface area (Å²) < 4.78 is 7.52. The van der Waals surface area contributed by atoms with Gasteiger partial charge in [-0.15, -0.1) is 0 Å². The number of ether oxygens (including phenoxy) is 1. The predicted octanol–water partition coefficient (Wildman–Crippen LogP) is 2.87. The molecule has 1 amide bonds. The number of fused-ring (bicyclic) bond motifs is 1. The molecule has 1 saturated heterocycles. The molecule has 2 aromatic rings. The van der Waals surface area contributed by atoms with E-state index in [1.54, 1.807) is 0 Å². The molecule has 0 atom stereocenters. The highest BCUT2D eigenvalue weighted by Crippen LogP contribution is 2.28. The summed E-state index contributed by atoms with van der Waals surface area (Å²) in [6.07, 6.45) is 2.00. The van der Waals surface area contributed by atoms with E-state index in [1.165, 1.54) is 0 Å². The first kappa shape index (κ1) is 14.1. The number of aromatic nitrogens is 1. The van der Waals surface area contributed by atoms with Crippen molar-refractivity contribution in [1.82, 2.24) is 9.47 Å². The molecule has 4 nitrogen and oxygen atoms in total. The summed E-state index contributed by atoms with van der Waals surface area (Å²) in [5, 5.41) is 1.03. The van der Waals surface area contributed by atoms with Gasteiger partial charge < -0.3 is 14.2 Å². The number of amides is 1. The van der Waals surface area contributed by atoms with Crippen LogP contribution in [-0.4, -0.2) is 41.7 Å². The molecule has 1 aromatic carbocycles. The lowest BCUT2D eigenvalue weighted by Crippen LogP contribution is -2.40. The Bertz CT molecular complexity index is 661. The summed E-state index contributed by atoms with van der Waals surface area (Å²) >= 11 is 0. The van der Waals surface area contributed by atoms with Gasteiger partial charge in [-0.25, -0.2) is 0 Å². The molecule has 0 N–H and O–H groups in total. The molecule has 1 aliphatic heterocycles. The quantitative estimate of drug-likeness (QED) is 0.808. The Morgan fingerprint density at radius 3 is 2.48 bits per heavy atom. The van der Waals surface area contributed by atoms with E-state index < -0.39 is 0 Å².